The Bertz CT molecular complexity index is 557. The van der Waals surface area contributed by atoms with Crippen LogP contribution in [0.2, 0.25) is 0 Å². The molecule has 2 aromatic rings. The number of benzene rings is 1. The van der Waals surface area contributed by atoms with Gasteiger partial charge in [-0.1, -0.05) is 6.07 Å². The first-order valence-electron chi connectivity index (χ1n) is 3.73. The number of nitrogens with zero attached hydrogens (tertiary/aromatic N) is 2. The van der Waals surface area contributed by atoms with Crippen LogP contribution in [0, 0.1) is 11.3 Å². The van der Waals surface area contributed by atoms with Crippen molar-refractivity contribution >= 4 is 10.9 Å². The van der Waals surface area contributed by atoms with Crippen molar-refractivity contribution in [2.45, 2.75) is 0 Å². The molecule has 1 heterocycles. The van der Waals surface area contributed by atoms with Gasteiger partial charge >= 0.3 is 5.63 Å². The molecular formula is C9H6N2O2. The minimum Gasteiger partial charge on any atom is -0.335 e. The fourth-order valence-electron chi connectivity index (χ4n) is 1.36. The summed E-state index contributed by atoms with van der Waals surface area (Å²) in [6.07, 6.45) is 0. The van der Waals surface area contributed by atoms with Crippen LogP contribution in [0.15, 0.2) is 27.5 Å². The van der Waals surface area contributed by atoms with E-state index in [4.69, 9.17) is 9.78 Å². The third kappa shape index (κ3) is 0.942. The summed E-state index contributed by atoms with van der Waals surface area (Å²) < 4.78 is 6.13. The monoisotopic (exact) mass is 174 g/mol. The number of nitriles is 1. The predicted molar refractivity (Wildman–Crippen MR) is 46.2 cm³/mol. The molecule has 13 heavy (non-hydrogen) atoms. The van der Waals surface area contributed by atoms with Crippen molar-refractivity contribution in [3.05, 3.63) is 34.2 Å². The summed E-state index contributed by atoms with van der Waals surface area (Å²) in [5.41, 5.74) is 0.593. The number of rotatable bonds is 0. The summed E-state index contributed by atoms with van der Waals surface area (Å²) in [6, 6.07) is 6.96. The van der Waals surface area contributed by atoms with Gasteiger partial charge in [0.25, 0.3) is 0 Å². The number of aryl methyl sites for hydroxylation is 1. The van der Waals surface area contributed by atoms with Gasteiger partial charge in [0, 0.05) is 7.05 Å². The highest BCUT2D eigenvalue weighted by molar-refractivity contribution is 5.83. The van der Waals surface area contributed by atoms with Crippen LogP contribution in [-0.2, 0) is 7.05 Å². The summed E-state index contributed by atoms with van der Waals surface area (Å²) in [7, 11) is 1.60. The normalized spacial score (nSPS) is 10.2. The average Bonchev–Trinajstić information content (AvgIpc) is 2.43. The van der Waals surface area contributed by atoms with Gasteiger partial charge in [-0.3, -0.25) is 0 Å². The number of hydrogen-bond donors (Lipinski definition) is 0. The summed E-state index contributed by atoms with van der Waals surface area (Å²) in [5.74, 6) is 0. The molecule has 0 spiro atoms. The van der Waals surface area contributed by atoms with Crippen molar-refractivity contribution in [2.75, 3.05) is 0 Å². The van der Waals surface area contributed by atoms with Crippen LogP contribution in [0.3, 0.4) is 0 Å². The zero-order valence-corrected chi connectivity index (χ0v) is 6.94. The lowest BCUT2D eigenvalue weighted by Gasteiger charge is -1.93. The van der Waals surface area contributed by atoms with Gasteiger partial charge in [-0.15, -0.1) is 0 Å². The van der Waals surface area contributed by atoms with Gasteiger partial charge in [-0.05, 0) is 12.1 Å². The Labute approximate surface area is 73.6 Å². The Morgan fingerprint density at radius 2 is 2.31 bits per heavy atom. The second kappa shape index (κ2) is 2.49. The van der Waals surface area contributed by atoms with E-state index in [1.807, 2.05) is 6.07 Å². The number of fused-ring (bicyclic) bond motifs is 1. The van der Waals surface area contributed by atoms with Gasteiger partial charge in [0.05, 0.1) is 10.9 Å². The summed E-state index contributed by atoms with van der Waals surface area (Å²) in [6.45, 7) is 0. The highest BCUT2D eigenvalue weighted by Crippen LogP contribution is 2.14. The molecule has 0 unspecified atom stereocenters. The van der Waals surface area contributed by atoms with Crippen LogP contribution in [0.4, 0.5) is 0 Å². The SMILES string of the molecule is Cn1oc(=O)c2cccc(C#N)c21. The first kappa shape index (κ1) is 7.62. The Hall–Kier alpha value is -2.02. The van der Waals surface area contributed by atoms with Crippen molar-refractivity contribution in [1.82, 2.24) is 4.74 Å². The standard InChI is InChI=1S/C9H6N2O2/c1-11-8-6(5-10)3-2-4-7(8)9(12)13-11/h2-4H,1H3. The van der Waals surface area contributed by atoms with Gasteiger partial charge in [-0.25, -0.2) is 9.53 Å². The van der Waals surface area contributed by atoms with E-state index in [0.717, 1.165) is 0 Å². The molecule has 0 aliphatic heterocycles. The van der Waals surface area contributed by atoms with Crippen molar-refractivity contribution in [2.24, 2.45) is 7.05 Å². The molecule has 0 saturated carbocycles. The fraction of sp³-hybridized carbons (Fsp3) is 0.111. The fourth-order valence-corrected chi connectivity index (χ4v) is 1.36. The molecule has 0 fully saturated rings. The van der Waals surface area contributed by atoms with Gasteiger partial charge in [0.2, 0.25) is 0 Å². The molecular weight excluding hydrogens is 168 g/mol. The minimum atomic E-state index is -0.408. The largest absolute Gasteiger partial charge is 0.365 e. The van der Waals surface area contributed by atoms with E-state index >= 15 is 0 Å². The Morgan fingerprint density at radius 3 is 3.00 bits per heavy atom. The predicted octanol–water partition coefficient (Wildman–Crippen LogP) is 1.00. The molecule has 64 valence electrons. The highest BCUT2D eigenvalue weighted by Gasteiger charge is 2.09. The molecule has 0 radical (unpaired) electrons. The van der Waals surface area contributed by atoms with Crippen LogP contribution >= 0.6 is 0 Å². The van der Waals surface area contributed by atoms with E-state index in [2.05, 4.69) is 0 Å². The number of para-hydroxylation sites is 1. The molecule has 0 aliphatic rings. The Balaban J connectivity index is 3.08. The average molecular weight is 174 g/mol. The summed E-state index contributed by atoms with van der Waals surface area (Å²) >= 11 is 0. The lowest BCUT2D eigenvalue weighted by atomic mass is 10.1. The van der Waals surface area contributed by atoms with Crippen LogP contribution in [0.5, 0.6) is 0 Å². The molecule has 0 aliphatic carbocycles. The molecule has 4 heteroatoms. The van der Waals surface area contributed by atoms with Gasteiger partial charge < -0.3 is 4.52 Å². The quantitative estimate of drug-likeness (QED) is 0.598. The summed E-state index contributed by atoms with van der Waals surface area (Å²) in [4.78, 5) is 11.2. The van der Waals surface area contributed by atoms with E-state index < -0.39 is 5.63 Å². The van der Waals surface area contributed by atoms with Crippen LogP contribution in [0.1, 0.15) is 5.56 Å². The van der Waals surface area contributed by atoms with E-state index in [1.165, 1.54) is 4.74 Å². The van der Waals surface area contributed by atoms with Crippen LogP contribution in [0.25, 0.3) is 10.9 Å². The van der Waals surface area contributed by atoms with E-state index in [9.17, 15) is 4.79 Å². The Morgan fingerprint density at radius 1 is 1.54 bits per heavy atom. The topological polar surface area (TPSA) is 58.9 Å². The van der Waals surface area contributed by atoms with Gasteiger partial charge in [-0.2, -0.15) is 5.26 Å². The molecule has 0 bridgehead atoms. The molecule has 1 aromatic heterocycles. The first-order valence-corrected chi connectivity index (χ1v) is 3.73. The molecule has 0 amide bonds. The zero-order valence-electron chi connectivity index (χ0n) is 6.94. The van der Waals surface area contributed by atoms with Gasteiger partial charge in [0.1, 0.15) is 11.6 Å². The van der Waals surface area contributed by atoms with Crippen molar-refractivity contribution in [3.63, 3.8) is 0 Å². The highest BCUT2D eigenvalue weighted by atomic mass is 16.5. The molecule has 0 saturated heterocycles. The van der Waals surface area contributed by atoms with E-state index in [0.29, 0.717) is 16.5 Å². The number of hydrogen-bond acceptors (Lipinski definition) is 3. The van der Waals surface area contributed by atoms with Crippen molar-refractivity contribution < 1.29 is 4.52 Å². The first-order chi connectivity index (χ1) is 6.24. The van der Waals surface area contributed by atoms with E-state index in [1.54, 1.807) is 25.2 Å². The maximum atomic E-state index is 11.2. The third-order valence-electron chi connectivity index (χ3n) is 1.91. The lowest BCUT2D eigenvalue weighted by Crippen LogP contribution is -1.90. The third-order valence-corrected chi connectivity index (χ3v) is 1.91. The van der Waals surface area contributed by atoms with Crippen LogP contribution in [-0.4, -0.2) is 4.74 Å². The maximum absolute atomic E-state index is 11.2. The minimum absolute atomic E-state index is 0.408. The van der Waals surface area contributed by atoms with Crippen molar-refractivity contribution in [1.29, 1.82) is 5.26 Å². The second-order valence-electron chi connectivity index (χ2n) is 2.69. The lowest BCUT2D eigenvalue weighted by molar-refractivity contribution is 0.296. The molecule has 2 rings (SSSR count). The molecule has 0 atom stereocenters. The smallest absolute Gasteiger partial charge is 0.335 e. The number of aromatic nitrogens is 1. The molecule has 0 N–H and O–H groups in total. The van der Waals surface area contributed by atoms with Crippen LogP contribution < -0.4 is 5.63 Å². The second-order valence-corrected chi connectivity index (χ2v) is 2.69. The van der Waals surface area contributed by atoms with E-state index in [-0.39, 0.29) is 0 Å². The van der Waals surface area contributed by atoms with Crippen molar-refractivity contribution in [3.8, 4) is 6.07 Å². The molecule has 1 aromatic carbocycles. The van der Waals surface area contributed by atoms with Gasteiger partial charge in [0.15, 0.2) is 0 Å². The maximum Gasteiger partial charge on any atom is 0.365 e. The Kier molecular flexibility index (Phi) is 1.46. The zero-order chi connectivity index (χ0) is 9.42. The molecule has 4 nitrogen and oxygen atoms in total. The summed E-state index contributed by atoms with van der Waals surface area (Å²) in [5, 5.41) is 9.21.